The fourth-order valence-corrected chi connectivity index (χ4v) is 9.71. The molecular formula is C59H43N. The van der Waals surface area contributed by atoms with Gasteiger partial charge in [0.25, 0.3) is 0 Å². The number of nitrogens with zero attached hydrogens (tertiary/aromatic N) is 1. The maximum atomic E-state index is 2.40. The molecule has 1 aliphatic carbocycles. The highest BCUT2D eigenvalue weighted by Gasteiger charge is 2.36. The Kier molecular flexibility index (Phi) is 8.57. The van der Waals surface area contributed by atoms with E-state index < -0.39 is 0 Å². The van der Waals surface area contributed by atoms with Gasteiger partial charge in [-0.25, -0.2) is 0 Å². The largest absolute Gasteiger partial charge is 0.310 e. The quantitative estimate of drug-likeness (QED) is 0.115. The molecule has 284 valence electrons. The molecule has 0 bridgehead atoms. The van der Waals surface area contributed by atoms with Gasteiger partial charge in [-0.1, -0.05) is 202 Å². The smallest absolute Gasteiger partial charge is 0.0465 e. The van der Waals surface area contributed by atoms with Crippen LogP contribution in [0.3, 0.4) is 0 Å². The highest BCUT2D eigenvalue weighted by atomic mass is 15.1. The van der Waals surface area contributed by atoms with Crippen LogP contribution in [0.5, 0.6) is 0 Å². The summed E-state index contributed by atoms with van der Waals surface area (Å²) in [6, 6.07) is 77.6. The fourth-order valence-electron chi connectivity index (χ4n) is 9.71. The van der Waals surface area contributed by atoms with Crippen molar-refractivity contribution >= 4 is 61.5 Å². The number of fused-ring (bicyclic) bond motifs is 6. The summed E-state index contributed by atoms with van der Waals surface area (Å²) in [5.74, 6) is 0. The maximum absolute atomic E-state index is 2.40. The lowest BCUT2D eigenvalue weighted by Crippen LogP contribution is -2.16. The molecule has 0 aromatic heterocycles. The van der Waals surface area contributed by atoms with E-state index in [-0.39, 0.29) is 5.41 Å². The van der Waals surface area contributed by atoms with Gasteiger partial charge in [-0.3, -0.25) is 0 Å². The van der Waals surface area contributed by atoms with Crippen molar-refractivity contribution in [3.8, 4) is 33.4 Å². The molecule has 0 saturated heterocycles. The Labute approximate surface area is 352 Å². The molecule has 11 rings (SSSR count). The van der Waals surface area contributed by atoms with Crippen LogP contribution in [0.4, 0.5) is 17.1 Å². The lowest BCUT2D eigenvalue weighted by molar-refractivity contribution is 0.660. The van der Waals surface area contributed by atoms with Gasteiger partial charge in [0.05, 0.1) is 0 Å². The Morgan fingerprint density at radius 3 is 1.47 bits per heavy atom. The van der Waals surface area contributed by atoms with Crippen LogP contribution < -0.4 is 4.90 Å². The average Bonchev–Trinajstić information content (AvgIpc) is 3.53. The van der Waals surface area contributed by atoms with E-state index in [9.17, 15) is 0 Å². The molecule has 0 atom stereocenters. The molecule has 0 unspecified atom stereocenters. The Morgan fingerprint density at radius 2 is 0.833 bits per heavy atom. The lowest BCUT2D eigenvalue weighted by Gasteiger charge is -2.28. The van der Waals surface area contributed by atoms with Crippen molar-refractivity contribution in [2.75, 3.05) is 4.90 Å². The molecule has 1 nitrogen and oxygen atoms in total. The molecule has 0 fully saturated rings. The Morgan fingerprint density at radius 1 is 0.350 bits per heavy atom. The summed E-state index contributed by atoms with van der Waals surface area (Å²) < 4.78 is 0. The number of rotatable bonds is 7. The second-order valence-corrected chi connectivity index (χ2v) is 16.5. The summed E-state index contributed by atoms with van der Waals surface area (Å²) in [6.07, 6.45) is 4.51. The Balaban J connectivity index is 0.920. The van der Waals surface area contributed by atoms with Crippen LogP contribution in [0.15, 0.2) is 212 Å². The van der Waals surface area contributed by atoms with Gasteiger partial charge >= 0.3 is 0 Å². The van der Waals surface area contributed by atoms with Crippen molar-refractivity contribution in [1.82, 2.24) is 0 Å². The lowest BCUT2D eigenvalue weighted by atomic mass is 9.81. The van der Waals surface area contributed by atoms with Crippen molar-refractivity contribution in [1.29, 1.82) is 0 Å². The van der Waals surface area contributed by atoms with Crippen LogP contribution in [0.1, 0.15) is 36.1 Å². The predicted octanol–water partition coefficient (Wildman–Crippen LogP) is 16.4. The maximum Gasteiger partial charge on any atom is 0.0465 e. The third-order valence-electron chi connectivity index (χ3n) is 12.6. The summed E-state index contributed by atoms with van der Waals surface area (Å²) in [5.41, 5.74) is 16.1. The summed E-state index contributed by atoms with van der Waals surface area (Å²) >= 11 is 0. The SMILES string of the molecule is CC1(C)c2cc(/C=C/c3ccc(-c4c5ccccc5c(-c5cccc6ccccc56)c5ccccc45)cc3)ccc2-c2ccc(N(c3ccccc3)c3ccccc3)cc21. The zero-order chi connectivity index (χ0) is 40.2. The molecule has 0 spiro atoms. The summed E-state index contributed by atoms with van der Waals surface area (Å²) in [4.78, 5) is 2.35. The van der Waals surface area contributed by atoms with Crippen molar-refractivity contribution in [3.05, 3.63) is 235 Å². The molecular weight excluding hydrogens is 723 g/mol. The van der Waals surface area contributed by atoms with E-state index >= 15 is 0 Å². The van der Waals surface area contributed by atoms with Gasteiger partial charge < -0.3 is 4.90 Å². The van der Waals surface area contributed by atoms with E-state index in [0.29, 0.717) is 0 Å². The number of hydrogen-bond acceptors (Lipinski definition) is 1. The van der Waals surface area contributed by atoms with E-state index in [0.717, 1.165) is 17.1 Å². The summed E-state index contributed by atoms with van der Waals surface area (Å²) in [7, 11) is 0. The van der Waals surface area contributed by atoms with E-state index in [1.807, 2.05) is 0 Å². The Hall–Kier alpha value is -7.48. The van der Waals surface area contributed by atoms with Crippen molar-refractivity contribution < 1.29 is 0 Å². The van der Waals surface area contributed by atoms with E-state index in [1.54, 1.807) is 0 Å². The molecule has 0 radical (unpaired) electrons. The first-order valence-corrected chi connectivity index (χ1v) is 20.9. The van der Waals surface area contributed by atoms with E-state index in [1.165, 1.54) is 88.0 Å². The van der Waals surface area contributed by atoms with E-state index in [2.05, 4.69) is 243 Å². The second kappa shape index (κ2) is 14.4. The number of benzene rings is 10. The first kappa shape index (κ1) is 35.7. The first-order chi connectivity index (χ1) is 29.5. The van der Waals surface area contributed by atoms with Crippen LogP contribution in [-0.2, 0) is 5.41 Å². The number of anilines is 3. The van der Waals surface area contributed by atoms with Gasteiger partial charge in [-0.05, 0) is 124 Å². The molecule has 0 aliphatic heterocycles. The zero-order valence-electron chi connectivity index (χ0n) is 33.8. The van der Waals surface area contributed by atoms with Crippen LogP contribution in [-0.4, -0.2) is 0 Å². The van der Waals surface area contributed by atoms with Crippen LogP contribution in [0.25, 0.3) is 77.9 Å². The molecule has 1 aliphatic rings. The zero-order valence-corrected chi connectivity index (χ0v) is 33.8. The summed E-state index contributed by atoms with van der Waals surface area (Å²) in [6.45, 7) is 4.73. The third-order valence-corrected chi connectivity index (χ3v) is 12.6. The first-order valence-electron chi connectivity index (χ1n) is 20.9. The molecule has 0 heterocycles. The minimum Gasteiger partial charge on any atom is -0.310 e. The molecule has 10 aromatic rings. The van der Waals surface area contributed by atoms with Gasteiger partial charge in [-0.15, -0.1) is 0 Å². The van der Waals surface area contributed by atoms with Crippen LogP contribution >= 0.6 is 0 Å². The highest BCUT2D eigenvalue weighted by Crippen LogP contribution is 2.51. The highest BCUT2D eigenvalue weighted by molar-refractivity contribution is 6.23. The normalized spacial score (nSPS) is 12.9. The van der Waals surface area contributed by atoms with Gasteiger partial charge in [-0.2, -0.15) is 0 Å². The predicted molar refractivity (Wildman–Crippen MR) is 257 cm³/mol. The van der Waals surface area contributed by atoms with Crippen molar-refractivity contribution in [2.24, 2.45) is 0 Å². The molecule has 60 heavy (non-hydrogen) atoms. The second-order valence-electron chi connectivity index (χ2n) is 16.5. The van der Waals surface area contributed by atoms with Crippen LogP contribution in [0.2, 0.25) is 0 Å². The standard InChI is InChI=1S/C59H43N/c1-59(2)55-38-41(32-36-48(55)49-37-35-46(39-56(49)59)60(44-18-5-3-6-19-44)45-20-7-4-8-21-45)29-28-40-30-33-43(34-31-40)57-51-23-11-13-25-53(51)58(54-26-14-12-24-52(54)57)50-27-15-17-42-16-9-10-22-47(42)50/h3-39H,1-2H3/b29-28+. The minimum atomic E-state index is -0.153. The van der Waals surface area contributed by atoms with Crippen molar-refractivity contribution in [3.63, 3.8) is 0 Å². The molecule has 0 amide bonds. The number of hydrogen-bond donors (Lipinski definition) is 0. The molecule has 1 heteroatoms. The fraction of sp³-hybridized carbons (Fsp3) is 0.0508. The van der Waals surface area contributed by atoms with Gasteiger partial charge in [0.1, 0.15) is 0 Å². The molecule has 0 N–H and O–H groups in total. The monoisotopic (exact) mass is 765 g/mol. The molecule has 0 saturated carbocycles. The number of para-hydroxylation sites is 2. The van der Waals surface area contributed by atoms with Gasteiger partial charge in [0, 0.05) is 22.5 Å². The van der Waals surface area contributed by atoms with E-state index in [4.69, 9.17) is 0 Å². The average molecular weight is 766 g/mol. The third kappa shape index (κ3) is 5.93. The van der Waals surface area contributed by atoms with Crippen LogP contribution in [0, 0.1) is 0 Å². The minimum absolute atomic E-state index is 0.153. The Bertz CT molecular complexity index is 3160. The van der Waals surface area contributed by atoms with Gasteiger partial charge in [0.15, 0.2) is 0 Å². The topological polar surface area (TPSA) is 3.24 Å². The van der Waals surface area contributed by atoms with Gasteiger partial charge in [0.2, 0.25) is 0 Å². The molecule has 10 aromatic carbocycles. The summed E-state index contributed by atoms with van der Waals surface area (Å²) in [5, 5.41) is 7.61. The van der Waals surface area contributed by atoms with Crippen molar-refractivity contribution in [2.45, 2.75) is 19.3 Å².